The molecular formula is C19H25NO3. The molecule has 0 bridgehead atoms. The van der Waals surface area contributed by atoms with Crippen LogP contribution in [0.25, 0.3) is 0 Å². The second kappa shape index (κ2) is 8.44. The van der Waals surface area contributed by atoms with E-state index in [9.17, 15) is 0 Å². The largest absolute Gasteiger partial charge is 0.490 e. The van der Waals surface area contributed by atoms with E-state index in [1.165, 1.54) is 11.1 Å². The summed E-state index contributed by atoms with van der Waals surface area (Å²) in [6.07, 6.45) is 0. The highest BCUT2D eigenvalue weighted by Gasteiger charge is 2.06. The standard InChI is InChI=1S/C19H25NO3/c1-4-21-19-12-16(13-20)5-6-18(19)23-8-7-22-17-10-14(2)9-15(3)11-17/h5-6,9-12H,4,7-8,13,20H2,1-3H3. The van der Waals surface area contributed by atoms with E-state index in [-0.39, 0.29) is 0 Å². The van der Waals surface area contributed by atoms with E-state index in [4.69, 9.17) is 19.9 Å². The number of aryl methyl sites for hydroxylation is 2. The normalized spacial score (nSPS) is 10.4. The first-order valence-corrected chi connectivity index (χ1v) is 7.92. The monoisotopic (exact) mass is 315 g/mol. The lowest BCUT2D eigenvalue weighted by Crippen LogP contribution is -2.10. The maximum absolute atomic E-state index is 5.78. The first-order chi connectivity index (χ1) is 11.1. The number of nitrogens with two attached hydrogens (primary N) is 1. The summed E-state index contributed by atoms with van der Waals surface area (Å²) in [6, 6.07) is 11.9. The van der Waals surface area contributed by atoms with E-state index < -0.39 is 0 Å². The van der Waals surface area contributed by atoms with Crippen LogP contribution in [0.2, 0.25) is 0 Å². The second-order valence-corrected chi connectivity index (χ2v) is 5.44. The molecule has 124 valence electrons. The maximum atomic E-state index is 5.78. The summed E-state index contributed by atoms with van der Waals surface area (Å²) in [7, 11) is 0. The maximum Gasteiger partial charge on any atom is 0.161 e. The van der Waals surface area contributed by atoms with Gasteiger partial charge in [-0.15, -0.1) is 0 Å². The van der Waals surface area contributed by atoms with Crippen molar-refractivity contribution >= 4 is 0 Å². The van der Waals surface area contributed by atoms with Gasteiger partial charge < -0.3 is 19.9 Å². The van der Waals surface area contributed by atoms with Crippen LogP contribution >= 0.6 is 0 Å². The second-order valence-electron chi connectivity index (χ2n) is 5.44. The zero-order valence-electron chi connectivity index (χ0n) is 14.1. The number of ether oxygens (including phenoxy) is 3. The molecule has 23 heavy (non-hydrogen) atoms. The molecule has 0 spiro atoms. The Kier molecular flexibility index (Phi) is 6.29. The third-order valence-corrected chi connectivity index (χ3v) is 3.35. The van der Waals surface area contributed by atoms with Gasteiger partial charge in [0.05, 0.1) is 6.61 Å². The first kappa shape index (κ1) is 17.2. The summed E-state index contributed by atoms with van der Waals surface area (Å²) in [5, 5.41) is 0. The third kappa shape index (κ3) is 5.18. The lowest BCUT2D eigenvalue weighted by Gasteiger charge is -2.14. The van der Waals surface area contributed by atoms with E-state index in [0.29, 0.717) is 32.1 Å². The highest BCUT2D eigenvalue weighted by atomic mass is 16.5. The third-order valence-electron chi connectivity index (χ3n) is 3.35. The first-order valence-electron chi connectivity index (χ1n) is 7.92. The van der Waals surface area contributed by atoms with Gasteiger partial charge in [0.2, 0.25) is 0 Å². The lowest BCUT2D eigenvalue weighted by molar-refractivity contribution is 0.208. The number of hydrogen-bond acceptors (Lipinski definition) is 4. The number of benzene rings is 2. The summed E-state index contributed by atoms with van der Waals surface area (Å²) >= 11 is 0. The molecule has 0 saturated heterocycles. The Balaban J connectivity index is 1.90. The molecule has 4 nitrogen and oxygen atoms in total. The molecule has 0 amide bonds. The van der Waals surface area contributed by atoms with Crippen LogP contribution in [0, 0.1) is 13.8 Å². The van der Waals surface area contributed by atoms with E-state index in [1.807, 2.05) is 37.3 Å². The minimum atomic E-state index is 0.453. The zero-order valence-corrected chi connectivity index (χ0v) is 14.1. The molecule has 0 heterocycles. The van der Waals surface area contributed by atoms with Crippen LogP contribution in [0.15, 0.2) is 36.4 Å². The quantitative estimate of drug-likeness (QED) is 0.756. The SMILES string of the molecule is CCOc1cc(CN)ccc1OCCOc1cc(C)cc(C)c1. The molecule has 0 aliphatic rings. The van der Waals surface area contributed by atoms with Crippen LogP contribution in [0.4, 0.5) is 0 Å². The van der Waals surface area contributed by atoms with Gasteiger partial charge in [0.15, 0.2) is 11.5 Å². The molecule has 0 fully saturated rings. The van der Waals surface area contributed by atoms with Crippen molar-refractivity contribution in [3.05, 3.63) is 53.1 Å². The number of hydrogen-bond donors (Lipinski definition) is 1. The Hall–Kier alpha value is -2.20. The van der Waals surface area contributed by atoms with Crippen molar-refractivity contribution in [1.82, 2.24) is 0 Å². The summed E-state index contributed by atoms with van der Waals surface area (Å²) in [6.45, 7) is 8.07. The molecule has 0 saturated carbocycles. The van der Waals surface area contributed by atoms with Gasteiger partial charge in [-0.3, -0.25) is 0 Å². The van der Waals surface area contributed by atoms with Crippen molar-refractivity contribution < 1.29 is 14.2 Å². The molecule has 0 atom stereocenters. The summed E-state index contributed by atoms with van der Waals surface area (Å²) in [5.41, 5.74) is 9.06. The predicted molar refractivity (Wildman–Crippen MR) is 92.4 cm³/mol. The summed E-state index contributed by atoms with van der Waals surface area (Å²) < 4.78 is 17.1. The van der Waals surface area contributed by atoms with Gasteiger partial charge in [0.1, 0.15) is 19.0 Å². The molecule has 0 unspecified atom stereocenters. The molecule has 0 aliphatic carbocycles. The molecule has 0 aromatic heterocycles. The van der Waals surface area contributed by atoms with E-state index in [0.717, 1.165) is 17.1 Å². The van der Waals surface area contributed by atoms with E-state index >= 15 is 0 Å². The van der Waals surface area contributed by atoms with Crippen molar-refractivity contribution in [3.63, 3.8) is 0 Å². The minimum absolute atomic E-state index is 0.453. The molecule has 2 rings (SSSR count). The molecule has 0 aliphatic heterocycles. The molecule has 2 N–H and O–H groups in total. The van der Waals surface area contributed by atoms with Crippen LogP contribution in [-0.4, -0.2) is 19.8 Å². The van der Waals surface area contributed by atoms with Gasteiger partial charge in [0.25, 0.3) is 0 Å². The van der Waals surface area contributed by atoms with Crippen LogP contribution < -0.4 is 19.9 Å². The van der Waals surface area contributed by atoms with E-state index in [2.05, 4.69) is 19.9 Å². The van der Waals surface area contributed by atoms with Gasteiger partial charge in [-0.05, 0) is 61.7 Å². The van der Waals surface area contributed by atoms with Crippen LogP contribution in [0.3, 0.4) is 0 Å². The fourth-order valence-electron chi connectivity index (χ4n) is 2.39. The predicted octanol–water partition coefficient (Wildman–Crippen LogP) is 3.62. The van der Waals surface area contributed by atoms with Crippen molar-refractivity contribution in [2.24, 2.45) is 5.73 Å². The Morgan fingerprint density at radius 3 is 2.17 bits per heavy atom. The van der Waals surface area contributed by atoms with Crippen molar-refractivity contribution in [2.75, 3.05) is 19.8 Å². The molecule has 2 aromatic rings. The smallest absolute Gasteiger partial charge is 0.161 e. The van der Waals surface area contributed by atoms with Crippen LogP contribution in [-0.2, 0) is 6.54 Å². The Morgan fingerprint density at radius 2 is 1.52 bits per heavy atom. The molecular weight excluding hydrogens is 290 g/mol. The average Bonchev–Trinajstić information content (AvgIpc) is 2.52. The van der Waals surface area contributed by atoms with Gasteiger partial charge >= 0.3 is 0 Å². The van der Waals surface area contributed by atoms with Gasteiger partial charge in [-0.1, -0.05) is 12.1 Å². The Morgan fingerprint density at radius 1 is 0.826 bits per heavy atom. The van der Waals surface area contributed by atoms with Crippen molar-refractivity contribution in [1.29, 1.82) is 0 Å². The van der Waals surface area contributed by atoms with Crippen molar-refractivity contribution in [2.45, 2.75) is 27.3 Å². The number of rotatable bonds is 8. The summed E-state index contributed by atoms with van der Waals surface area (Å²) in [4.78, 5) is 0. The van der Waals surface area contributed by atoms with E-state index in [1.54, 1.807) is 0 Å². The van der Waals surface area contributed by atoms with Crippen molar-refractivity contribution in [3.8, 4) is 17.2 Å². The Labute approximate surface area is 138 Å². The highest BCUT2D eigenvalue weighted by Crippen LogP contribution is 2.28. The fourth-order valence-corrected chi connectivity index (χ4v) is 2.39. The van der Waals surface area contributed by atoms with Gasteiger partial charge in [-0.25, -0.2) is 0 Å². The van der Waals surface area contributed by atoms with Crippen LogP contribution in [0.1, 0.15) is 23.6 Å². The average molecular weight is 315 g/mol. The lowest BCUT2D eigenvalue weighted by atomic mass is 10.1. The Bertz CT molecular complexity index is 620. The van der Waals surface area contributed by atoms with Gasteiger partial charge in [-0.2, -0.15) is 0 Å². The fraction of sp³-hybridized carbons (Fsp3) is 0.368. The highest BCUT2D eigenvalue weighted by molar-refractivity contribution is 5.43. The van der Waals surface area contributed by atoms with Crippen LogP contribution in [0.5, 0.6) is 17.2 Å². The minimum Gasteiger partial charge on any atom is -0.490 e. The van der Waals surface area contributed by atoms with Gasteiger partial charge in [0, 0.05) is 6.54 Å². The topological polar surface area (TPSA) is 53.7 Å². The molecule has 0 radical (unpaired) electrons. The zero-order chi connectivity index (χ0) is 16.7. The summed E-state index contributed by atoms with van der Waals surface area (Å²) in [5.74, 6) is 2.31. The molecule has 4 heteroatoms. The molecule has 2 aromatic carbocycles.